The molecule has 7 nitrogen and oxygen atoms in total. The summed E-state index contributed by atoms with van der Waals surface area (Å²) in [5.74, 6) is -0.155. The molecule has 1 aliphatic rings. The molecule has 0 spiro atoms. The van der Waals surface area contributed by atoms with Crippen molar-refractivity contribution in [2.75, 3.05) is 6.54 Å². The Balaban J connectivity index is 3.00. The van der Waals surface area contributed by atoms with E-state index in [2.05, 4.69) is 20.7 Å². The van der Waals surface area contributed by atoms with E-state index < -0.39 is 12.1 Å². The van der Waals surface area contributed by atoms with Gasteiger partial charge >= 0.3 is 6.03 Å². The molecule has 0 bridgehead atoms. The van der Waals surface area contributed by atoms with Crippen molar-refractivity contribution in [2.24, 2.45) is 5.11 Å². The number of rotatable bonds is 3. The highest BCUT2D eigenvalue weighted by Crippen LogP contribution is 2.13. The van der Waals surface area contributed by atoms with Gasteiger partial charge in [-0.05, 0) is 19.4 Å². The van der Waals surface area contributed by atoms with Gasteiger partial charge in [-0.25, -0.2) is 4.79 Å². The monoisotopic (exact) mass is 209 g/mol. The highest BCUT2D eigenvalue weighted by Gasteiger charge is 2.26. The summed E-state index contributed by atoms with van der Waals surface area (Å²) in [4.78, 5) is 25.0. The SMILES string of the molecule is CC(=O)C1=C(C)NC(=O)NC1CN=[N+]=[N-]. The van der Waals surface area contributed by atoms with Crippen LogP contribution in [-0.4, -0.2) is 24.4 Å². The highest BCUT2D eigenvalue weighted by molar-refractivity contribution is 5.98. The first kappa shape index (κ1) is 11.1. The maximum Gasteiger partial charge on any atom is 0.319 e. The molecule has 80 valence electrons. The smallest absolute Gasteiger partial charge is 0.319 e. The minimum atomic E-state index is -0.535. The molecule has 1 atom stereocenters. The van der Waals surface area contributed by atoms with Gasteiger partial charge in [-0.3, -0.25) is 4.79 Å². The minimum absolute atomic E-state index is 0.0379. The maximum absolute atomic E-state index is 11.3. The van der Waals surface area contributed by atoms with Gasteiger partial charge in [0.1, 0.15) is 0 Å². The van der Waals surface area contributed by atoms with Crippen molar-refractivity contribution in [3.05, 3.63) is 21.7 Å². The second-order valence-electron chi connectivity index (χ2n) is 3.16. The molecule has 0 aromatic heterocycles. The topological polar surface area (TPSA) is 107 Å². The van der Waals surface area contributed by atoms with E-state index in [4.69, 9.17) is 5.53 Å². The van der Waals surface area contributed by atoms with E-state index in [1.54, 1.807) is 6.92 Å². The lowest BCUT2D eigenvalue weighted by Gasteiger charge is -2.26. The van der Waals surface area contributed by atoms with Crippen molar-refractivity contribution in [3.8, 4) is 0 Å². The van der Waals surface area contributed by atoms with Gasteiger partial charge in [0.2, 0.25) is 0 Å². The average molecular weight is 209 g/mol. The van der Waals surface area contributed by atoms with E-state index in [1.165, 1.54) is 6.92 Å². The van der Waals surface area contributed by atoms with Gasteiger partial charge in [-0.2, -0.15) is 0 Å². The summed E-state index contributed by atoms with van der Waals surface area (Å²) in [6.45, 7) is 3.08. The van der Waals surface area contributed by atoms with Crippen LogP contribution in [-0.2, 0) is 4.79 Å². The number of carbonyl (C=O) groups excluding carboxylic acids is 2. The van der Waals surface area contributed by atoms with Crippen molar-refractivity contribution < 1.29 is 9.59 Å². The Kier molecular flexibility index (Phi) is 3.30. The molecule has 0 saturated carbocycles. The van der Waals surface area contributed by atoms with Crippen LogP contribution in [0.25, 0.3) is 10.4 Å². The Labute approximate surface area is 86.2 Å². The molecule has 2 N–H and O–H groups in total. The number of hydrogen-bond acceptors (Lipinski definition) is 3. The average Bonchev–Trinajstić information content (AvgIpc) is 2.12. The summed E-state index contributed by atoms with van der Waals surface area (Å²) in [6, 6.07) is -0.928. The van der Waals surface area contributed by atoms with Gasteiger partial charge in [0.25, 0.3) is 0 Å². The van der Waals surface area contributed by atoms with Gasteiger partial charge < -0.3 is 10.6 Å². The number of amides is 2. The number of hydrogen-bond donors (Lipinski definition) is 2. The Bertz CT molecular complexity index is 380. The predicted molar refractivity (Wildman–Crippen MR) is 52.8 cm³/mol. The largest absolute Gasteiger partial charge is 0.331 e. The normalized spacial score (nSPS) is 20.1. The molecule has 1 unspecified atom stereocenters. The van der Waals surface area contributed by atoms with Crippen LogP contribution in [0.1, 0.15) is 13.8 Å². The third kappa shape index (κ3) is 2.47. The first-order chi connectivity index (χ1) is 7.06. The van der Waals surface area contributed by atoms with Gasteiger partial charge in [0.15, 0.2) is 5.78 Å². The highest BCUT2D eigenvalue weighted by atomic mass is 16.2. The van der Waals surface area contributed by atoms with Crippen LogP contribution >= 0.6 is 0 Å². The van der Waals surface area contributed by atoms with Gasteiger partial charge in [-0.1, -0.05) is 5.11 Å². The van der Waals surface area contributed by atoms with Crippen LogP contribution in [0.4, 0.5) is 4.79 Å². The van der Waals surface area contributed by atoms with E-state index in [-0.39, 0.29) is 12.3 Å². The zero-order valence-electron chi connectivity index (χ0n) is 8.44. The number of allylic oxidation sites excluding steroid dienone is 1. The zero-order chi connectivity index (χ0) is 11.4. The van der Waals surface area contributed by atoms with Crippen molar-refractivity contribution in [1.29, 1.82) is 0 Å². The summed E-state index contributed by atoms with van der Waals surface area (Å²) >= 11 is 0. The number of Topliss-reactive ketones (excluding diaryl/α,β-unsaturated/α-hetero) is 1. The molecular weight excluding hydrogens is 198 g/mol. The van der Waals surface area contributed by atoms with Crippen molar-refractivity contribution in [1.82, 2.24) is 10.6 Å². The molecule has 1 rings (SSSR count). The fraction of sp³-hybridized carbons (Fsp3) is 0.500. The van der Waals surface area contributed by atoms with Crippen LogP contribution in [0.3, 0.4) is 0 Å². The molecule has 1 aliphatic heterocycles. The lowest BCUT2D eigenvalue weighted by Crippen LogP contribution is -2.50. The van der Waals surface area contributed by atoms with Crippen LogP contribution < -0.4 is 10.6 Å². The summed E-state index contributed by atoms with van der Waals surface area (Å²) in [5, 5.41) is 8.36. The number of carbonyl (C=O) groups is 2. The summed E-state index contributed by atoms with van der Waals surface area (Å²) in [5.41, 5.74) is 9.13. The number of nitrogens with one attached hydrogen (secondary N) is 2. The fourth-order valence-corrected chi connectivity index (χ4v) is 1.53. The lowest BCUT2D eigenvalue weighted by molar-refractivity contribution is -0.114. The van der Waals surface area contributed by atoms with E-state index in [1.807, 2.05) is 0 Å². The number of ketones is 1. The quantitative estimate of drug-likeness (QED) is 0.408. The maximum atomic E-state index is 11.3. The first-order valence-electron chi connectivity index (χ1n) is 4.36. The predicted octanol–water partition coefficient (Wildman–Crippen LogP) is 0.841. The minimum Gasteiger partial charge on any atom is -0.331 e. The van der Waals surface area contributed by atoms with Gasteiger partial charge in [-0.15, -0.1) is 0 Å². The Morgan fingerprint density at radius 2 is 2.33 bits per heavy atom. The zero-order valence-corrected chi connectivity index (χ0v) is 8.44. The molecule has 0 aromatic carbocycles. The molecule has 2 amide bonds. The molecule has 15 heavy (non-hydrogen) atoms. The van der Waals surface area contributed by atoms with Crippen molar-refractivity contribution >= 4 is 11.8 Å². The standard InChI is InChI=1S/C8H11N5O2/c1-4-7(5(2)14)6(3-10-13-9)12-8(15)11-4/h6H,3H2,1-2H3,(H2,11,12,15). The van der Waals surface area contributed by atoms with Crippen LogP contribution in [0, 0.1) is 0 Å². The fourth-order valence-electron chi connectivity index (χ4n) is 1.53. The second kappa shape index (κ2) is 4.47. The Morgan fingerprint density at radius 1 is 1.67 bits per heavy atom. The van der Waals surface area contributed by atoms with Gasteiger partial charge in [0, 0.05) is 16.2 Å². The molecule has 7 heteroatoms. The van der Waals surface area contributed by atoms with E-state index in [0.717, 1.165) is 0 Å². The van der Waals surface area contributed by atoms with E-state index in [0.29, 0.717) is 11.3 Å². The van der Waals surface area contributed by atoms with Gasteiger partial charge in [0.05, 0.1) is 12.6 Å². The van der Waals surface area contributed by atoms with Crippen LogP contribution in [0.15, 0.2) is 16.4 Å². The van der Waals surface area contributed by atoms with Crippen LogP contribution in [0.2, 0.25) is 0 Å². The van der Waals surface area contributed by atoms with E-state index >= 15 is 0 Å². The molecule has 0 aromatic rings. The van der Waals surface area contributed by atoms with Crippen molar-refractivity contribution in [3.63, 3.8) is 0 Å². The molecule has 1 heterocycles. The number of urea groups is 1. The molecule has 0 radical (unpaired) electrons. The number of nitrogens with zero attached hydrogens (tertiary/aromatic N) is 3. The third-order valence-corrected chi connectivity index (χ3v) is 2.07. The van der Waals surface area contributed by atoms with Crippen LogP contribution in [0.5, 0.6) is 0 Å². The molecule has 0 fully saturated rings. The number of azide groups is 1. The van der Waals surface area contributed by atoms with Crippen molar-refractivity contribution in [2.45, 2.75) is 19.9 Å². The molecular formula is C8H11N5O2. The van der Waals surface area contributed by atoms with E-state index in [9.17, 15) is 9.59 Å². The third-order valence-electron chi connectivity index (χ3n) is 2.07. The first-order valence-corrected chi connectivity index (χ1v) is 4.36. The molecule has 0 saturated heterocycles. The summed E-state index contributed by atoms with van der Waals surface area (Å²) in [7, 11) is 0. The Morgan fingerprint density at radius 3 is 2.87 bits per heavy atom. The Hall–Kier alpha value is -2.01. The summed E-state index contributed by atoms with van der Waals surface area (Å²) in [6.07, 6.45) is 0. The lowest BCUT2D eigenvalue weighted by atomic mass is 10.00. The molecule has 0 aliphatic carbocycles. The second-order valence-corrected chi connectivity index (χ2v) is 3.16. The summed E-state index contributed by atoms with van der Waals surface area (Å²) < 4.78 is 0.